The van der Waals surface area contributed by atoms with E-state index in [1.807, 2.05) is 35.8 Å². The lowest BCUT2D eigenvalue weighted by Gasteiger charge is -2.30. The molecule has 0 bridgehead atoms. The zero-order valence-electron chi connectivity index (χ0n) is 20.3. The van der Waals surface area contributed by atoms with Crippen LogP contribution in [0, 0.1) is 5.82 Å². The first-order chi connectivity index (χ1) is 17.5. The molecule has 0 saturated carbocycles. The number of fused-ring (bicyclic) bond motifs is 2. The summed E-state index contributed by atoms with van der Waals surface area (Å²) in [5.74, 6) is 0.159. The molecule has 3 heterocycles. The number of carbonyl (C=O) groups is 1. The van der Waals surface area contributed by atoms with Gasteiger partial charge in [0.05, 0.1) is 18.9 Å². The first-order valence-electron chi connectivity index (χ1n) is 12.0. The zero-order chi connectivity index (χ0) is 25.2. The molecule has 0 radical (unpaired) electrons. The van der Waals surface area contributed by atoms with Crippen LogP contribution in [0.3, 0.4) is 0 Å². The van der Waals surface area contributed by atoms with Gasteiger partial charge in [-0.25, -0.2) is 4.39 Å². The molecule has 8 nitrogen and oxygen atoms in total. The molecule has 2 aromatic carbocycles. The van der Waals surface area contributed by atoms with Crippen molar-refractivity contribution in [3.05, 3.63) is 98.8 Å². The molecular weight excluding hydrogens is 461 g/mol. The molecule has 1 aliphatic rings. The highest BCUT2D eigenvalue weighted by molar-refractivity contribution is 5.99. The number of rotatable bonds is 7. The zero-order valence-corrected chi connectivity index (χ0v) is 20.3. The van der Waals surface area contributed by atoms with Crippen molar-refractivity contribution in [1.29, 1.82) is 0 Å². The maximum atomic E-state index is 13.4. The summed E-state index contributed by atoms with van der Waals surface area (Å²) in [6.07, 6.45) is 2.15. The molecule has 4 aromatic rings. The Labute approximate surface area is 207 Å². The molecule has 36 heavy (non-hydrogen) atoms. The van der Waals surface area contributed by atoms with Gasteiger partial charge in [-0.1, -0.05) is 24.3 Å². The molecule has 0 saturated heterocycles. The number of carbonyl (C=O) groups excluding carboxylic acids is 1. The first kappa shape index (κ1) is 23.7. The lowest BCUT2D eigenvalue weighted by Crippen LogP contribution is -2.38. The van der Waals surface area contributed by atoms with E-state index in [-0.39, 0.29) is 23.8 Å². The second-order valence-corrected chi connectivity index (χ2v) is 8.89. The molecule has 2 aromatic heterocycles. The Kier molecular flexibility index (Phi) is 6.56. The molecule has 0 aliphatic carbocycles. The van der Waals surface area contributed by atoms with Crippen molar-refractivity contribution in [2.45, 2.75) is 39.5 Å². The van der Waals surface area contributed by atoms with Gasteiger partial charge in [-0.15, -0.1) is 0 Å². The summed E-state index contributed by atoms with van der Waals surface area (Å²) in [5.41, 5.74) is 4.25. The van der Waals surface area contributed by atoms with E-state index in [2.05, 4.69) is 15.3 Å². The topological polar surface area (TPSA) is 80.9 Å². The van der Waals surface area contributed by atoms with Gasteiger partial charge in [0.15, 0.2) is 5.65 Å². The summed E-state index contributed by atoms with van der Waals surface area (Å²) in [6.45, 7) is 4.90. The third-order valence-corrected chi connectivity index (χ3v) is 6.66. The molecule has 1 aliphatic heterocycles. The molecule has 0 atom stereocenters. The van der Waals surface area contributed by atoms with Crippen LogP contribution in [0.15, 0.2) is 59.5 Å². The normalized spacial score (nSPS) is 13.5. The van der Waals surface area contributed by atoms with Crippen molar-refractivity contribution in [1.82, 2.24) is 24.4 Å². The minimum Gasteiger partial charge on any atom is -0.497 e. The van der Waals surface area contributed by atoms with Crippen LogP contribution in [0.4, 0.5) is 4.39 Å². The second kappa shape index (κ2) is 9.94. The Morgan fingerprint density at radius 2 is 1.83 bits per heavy atom. The number of ether oxygens (including phenoxy) is 1. The largest absolute Gasteiger partial charge is 0.497 e. The Morgan fingerprint density at radius 1 is 1.11 bits per heavy atom. The van der Waals surface area contributed by atoms with Gasteiger partial charge in [-0.2, -0.15) is 9.61 Å². The Balaban J connectivity index is 1.41. The highest BCUT2D eigenvalue weighted by Gasteiger charge is 2.27. The van der Waals surface area contributed by atoms with Gasteiger partial charge >= 0.3 is 0 Å². The average molecular weight is 490 g/mol. The van der Waals surface area contributed by atoms with Gasteiger partial charge in [0.1, 0.15) is 17.1 Å². The number of nitrogens with one attached hydrogen (secondary N) is 1. The molecule has 186 valence electrons. The van der Waals surface area contributed by atoms with E-state index >= 15 is 0 Å². The standard InChI is InChI=1S/C27H28FN5O3/c1-3-32-24-12-13-31(16-19-6-10-21(36-2)11-7-19)17-23(24)27(35)33-26(32)22(15-30-33)25(34)29-14-18-4-8-20(28)9-5-18/h4-11,15H,3,12-14,16-17H2,1-2H3,(H,29,34). The van der Waals surface area contributed by atoms with Crippen molar-refractivity contribution in [3.63, 3.8) is 0 Å². The van der Waals surface area contributed by atoms with Gasteiger partial charge in [-0.05, 0) is 42.3 Å². The summed E-state index contributed by atoms with van der Waals surface area (Å²) >= 11 is 0. The quantitative estimate of drug-likeness (QED) is 0.431. The van der Waals surface area contributed by atoms with Crippen molar-refractivity contribution < 1.29 is 13.9 Å². The molecule has 0 unspecified atom stereocenters. The van der Waals surface area contributed by atoms with Crippen LogP contribution >= 0.6 is 0 Å². The molecule has 5 rings (SSSR count). The first-order valence-corrected chi connectivity index (χ1v) is 12.0. The van der Waals surface area contributed by atoms with Crippen LogP contribution in [-0.2, 0) is 32.6 Å². The van der Waals surface area contributed by atoms with Gasteiger partial charge < -0.3 is 14.6 Å². The minimum absolute atomic E-state index is 0.193. The smallest absolute Gasteiger partial charge is 0.279 e. The van der Waals surface area contributed by atoms with Crippen LogP contribution < -0.4 is 15.6 Å². The Bertz CT molecular complexity index is 1460. The molecule has 1 amide bonds. The van der Waals surface area contributed by atoms with E-state index in [4.69, 9.17) is 4.74 Å². The van der Waals surface area contributed by atoms with E-state index in [9.17, 15) is 14.0 Å². The fraction of sp³-hybridized carbons (Fsp3) is 0.296. The predicted molar refractivity (Wildman–Crippen MR) is 134 cm³/mol. The van der Waals surface area contributed by atoms with Gasteiger partial charge in [0, 0.05) is 44.8 Å². The number of nitrogens with zero attached hydrogens (tertiary/aromatic N) is 4. The van der Waals surface area contributed by atoms with Crippen LogP contribution in [0.5, 0.6) is 5.75 Å². The summed E-state index contributed by atoms with van der Waals surface area (Å²) < 4.78 is 21.8. The average Bonchev–Trinajstić information content (AvgIpc) is 3.35. The minimum atomic E-state index is -0.327. The van der Waals surface area contributed by atoms with Crippen LogP contribution in [0.1, 0.15) is 39.7 Å². The third kappa shape index (κ3) is 4.49. The molecule has 9 heteroatoms. The van der Waals surface area contributed by atoms with E-state index in [1.54, 1.807) is 19.2 Å². The number of methoxy groups -OCH3 is 1. The number of aromatic nitrogens is 3. The number of hydrogen-bond donors (Lipinski definition) is 1. The Hall–Kier alpha value is -3.98. The maximum Gasteiger partial charge on any atom is 0.279 e. The van der Waals surface area contributed by atoms with Gasteiger partial charge in [0.2, 0.25) is 0 Å². The van der Waals surface area contributed by atoms with E-state index in [0.717, 1.165) is 35.7 Å². The Morgan fingerprint density at radius 3 is 2.53 bits per heavy atom. The predicted octanol–water partition coefficient (Wildman–Crippen LogP) is 3.15. The van der Waals surface area contributed by atoms with Crippen molar-refractivity contribution in [2.24, 2.45) is 0 Å². The van der Waals surface area contributed by atoms with Crippen molar-refractivity contribution >= 4 is 11.6 Å². The number of hydrogen-bond acceptors (Lipinski definition) is 5. The fourth-order valence-electron chi connectivity index (χ4n) is 4.81. The van der Waals surface area contributed by atoms with E-state index in [0.29, 0.717) is 36.3 Å². The lowest BCUT2D eigenvalue weighted by molar-refractivity contribution is 0.0952. The third-order valence-electron chi connectivity index (χ3n) is 6.66. The van der Waals surface area contributed by atoms with Gasteiger partial charge in [0.25, 0.3) is 11.5 Å². The molecule has 0 fully saturated rings. The van der Waals surface area contributed by atoms with Crippen LogP contribution in [0.2, 0.25) is 0 Å². The van der Waals surface area contributed by atoms with Crippen LogP contribution in [0.25, 0.3) is 5.65 Å². The second-order valence-electron chi connectivity index (χ2n) is 8.89. The lowest BCUT2D eigenvalue weighted by atomic mass is 10.0. The summed E-state index contributed by atoms with van der Waals surface area (Å²) in [5, 5.41) is 7.15. The van der Waals surface area contributed by atoms with Crippen molar-refractivity contribution in [3.8, 4) is 5.75 Å². The maximum absolute atomic E-state index is 13.4. The number of aryl methyl sites for hydroxylation is 1. The number of amides is 1. The highest BCUT2D eigenvalue weighted by atomic mass is 19.1. The van der Waals surface area contributed by atoms with E-state index in [1.165, 1.54) is 22.8 Å². The van der Waals surface area contributed by atoms with Gasteiger partial charge in [-0.3, -0.25) is 14.5 Å². The summed E-state index contributed by atoms with van der Waals surface area (Å²) in [7, 11) is 1.64. The van der Waals surface area contributed by atoms with E-state index < -0.39 is 0 Å². The van der Waals surface area contributed by atoms with Crippen LogP contribution in [-0.4, -0.2) is 38.6 Å². The SMILES string of the molecule is CCn1c2c(c(=O)n3ncc(C(=O)NCc4ccc(F)cc4)c13)CN(Cc1ccc(OC)cc1)CC2. The molecular formula is C27H28FN5O3. The molecule has 1 N–H and O–H groups in total. The number of benzene rings is 2. The molecule has 0 spiro atoms. The fourth-order valence-corrected chi connectivity index (χ4v) is 4.81. The van der Waals surface area contributed by atoms with Crippen molar-refractivity contribution in [2.75, 3.05) is 13.7 Å². The monoisotopic (exact) mass is 489 g/mol. The number of halogens is 1. The summed E-state index contributed by atoms with van der Waals surface area (Å²) in [4.78, 5) is 28.7. The highest BCUT2D eigenvalue weighted by Crippen LogP contribution is 2.23. The summed E-state index contributed by atoms with van der Waals surface area (Å²) in [6, 6.07) is 13.9.